The largest absolute Gasteiger partial charge is 0.493 e. The van der Waals surface area contributed by atoms with Crippen LogP contribution in [0.1, 0.15) is 16.7 Å². The van der Waals surface area contributed by atoms with Crippen molar-refractivity contribution < 1.29 is 23.5 Å². The number of methoxy groups -OCH3 is 1. The molecule has 3 aromatic carbocycles. The van der Waals surface area contributed by atoms with Crippen LogP contribution in [0.25, 0.3) is 0 Å². The topological polar surface area (TPSA) is 89.0 Å². The van der Waals surface area contributed by atoms with Crippen LogP contribution in [0.4, 0.5) is 4.39 Å². The Hall–Kier alpha value is -4.20. The molecule has 0 unspecified atom stereocenters. The molecule has 0 saturated heterocycles. The molecule has 0 atom stereocenters. The molecule has 33 heavy (non-hydrogen) atoms. The van der Waals surface area contributed by atoms with Gasteiger partial charge >= 0.3 is 11.8 Å². The molecule has 3 aromatic rings. The number of carbonyl (C=O) groups excluding carboxylic acids is 2. The Morgan fingerprint density at radius 1 is 0.939 bits per heavy atom. The van der Waals surface area contributed by atoms with Crippen LogP contribution in [0, 0.1) is 5.82 Å². The molecule has 3 rings (SSSR count). The van der Waals surface area contributed by atoms with Crippen molar-refractivity contribution in [2.75, 3.05) is 13.7 Å². The molecule has 0 heterocycles. The Morgan fingerprint density at radius 3 is 2.42 bits per heavy atom. The van der Waals surface area contributed by atoms with E-state index < -0.39 is 11.8 Å². The highest BCUT2D eigenvalue weighted by atomic mass is 19.1. The molecule has 0 aliphatic heterocycles. The summed E-state index contributed by atoms with van der Waals surface area (Å²) in [5, 5.41) is 6.42. The number of hydrazone groups is 1. The molecule has 0 aliphatic rings. The van der Waals surface area contributed by atoms with E-state index in [0.717, 1.165) is 11.1 Å². The molecular weight excluding hydrogens is 425 g/mol. The van der Waals surface area contributed by atoms with Crippen LogP contribution >= 0.6 is 0 Å². The Balaban J connectivity index is 1.56. The molecule has 0 radical (unpaired) electrons. The predicted molar refractivity (Wildman–Crippen MR) is 123 cm³/mol. The van der Waals surface area contributed by atoms with E-state index in [9.17, 15) is 14.0 Å². The van der Waals surface area contributed by atoms with E-state index in [2.05, 4.69) is 15.8 Å². The lowest BCUT2D eigenvalue weighted by atomic mass is 10.1. The van der Waals surface area contributed by atoms with E-state index in [1.165, 1.54) is 25.5 Å². The van der Waals surface area contributed by atoms with Crippen LogP contribution in [0.15, 0.2) is 77.9 Å². The molecule has 0 aromatic heterocycles. The van der Waals surface area contributed by atoms with Gasteiger partial charge < -0.3 is 14.8 Å². The highest BCUT2D eigenvalue weighted by molar-refractivity contribution is 6.35. The molecule has 0 saturated carbocycles. The van der Waals surface area contributed by atoms with Gasteiger partial charge in [0, 0.05) is 12.1 Å². The average Bonchev–Trinajstić information content (AvgIpc) is 2.84. The van der Waals surface area contributed by atoms with Crippen molar-refractivity contribution in [3.05, 3.63) is 95.3 Å². The number of benzene rings is 3. The number of carbonyl (C=O) groups is 2. The third-order valence-electron chi connectivity index (χ3n) is 4.64. The first-order valence-electron chi connectivity index (χ1n) is 10.3. The molecule has 8 heteroatoms. The maximum absolute atomic E-state index is 13.1. The van der Waals surface area contributed by atoms with E-state index in [1.54, 1.807) is 30.3 Å². The van der Waals surface area contributed by atoms with Crippen molar-refractivity contribution in [1.29, 1.82) is 0 Å². The third-order valence-corrected chi connectivity index (χ3v) is 4.64. The maximum atomic E-state index is 13.1. The second kappa shape index (κ2) is 12.0. The monoisotopic (exact) mass is 449 g/mol. The highest BCUT2D eigenvalue weighted by Gasteiger charge is 2.13. The van der Waals surface area contributed by atoms with Gasteiger partial charge in [0.05, 0.1) is 13.3 Å². The molecule has 0 bridgehead atoms. The summed E-state index contributed by atoms with van der Waals surface area (Å²) in [6.45, 7) is 0.509. The van der Waals surface area contributed by atoms with Crippen LogP contribution in [0.2, 0.25) is 0 Å². The zero-order valence-corrected chi connectivity index (χ0v) is 18.1. The van der Waals surface area contributed by atoms with Gasteiger partial charge in [0.2, 0.25) is 0 Å². The van der Waals surface area contributed by atoms with Crippen LogP contribution in [-0.2, 0) is 22.6 Å². The molecule has 170 valence electrons. The van der Waals surface area contributed by atoms with E-state index in [1.807, 2.05) is 30.3 Å². The minimum Gasteiger partial charge on any atom is -0.493 e. The normalized spacial score (nSPS) is 10.6. The Morgan fingerprint density at radius 2 is 1.70 bits per heavy atom. The van der Waals surface area contributed by atoms with Crippen molar-refractivity contribution >= 4 is 18.0 Å². The zero-order valence-electron chi connectivity index (χ0n) is 18.1. The van der Waals surface area contributed by atoms with Gasteiger partial charge in [0.1, 0.15) is 12.4 Å². The van der Waals surface area contributed by atoms with Gasteiger partial charge in [0.15, 0.2) is 11.5 Å². The maximum Gasteiger partial charge on any atom is 0.329 e. The Kier molecular flexibility index (Phi) is 8.53. The summed E-state index contributed by atoms with van der Waals surface area (Å²) in [6, 6.07) is 20.7. The van der Waals surface area contributed by atoms with E-state index in [-0.39, 0.29) is 12.4 Å². The third kappa shape index (κ3) is 7.17. The number of hydrogen-bond acceptors (Lipinski definition) is 5. The second-order valence-electron chi connectivity index (χ2n) is 6.98. The fourth-order valence-corrected chi connectivity index (χ4v) is 2.94. The van der Waals surface area contributed by atoms with Crippen molar-refractivity contribution in [3.63, 3.8) is 0 Å². The van der Waals surface area contributed by atoms with Crippen LogP contribution in [0.5, 0.6) is 11.5 Å². The Labute approximate surface area is 191 Å². The summed E-state index contributed by atoms with van der Waals surface area (Å²) in [6.07, 6.45) is 1.97. The fraction of sp³-hybridized carbons (Fsp3) is 0.160. The summed E-state index contributed by atoms with van der Waals surface area (Å²) < 4.78 is 24.3. The quantitative estimate of drug-likeness (QED) is 0.298. The van der Waals surface area contributed by atoms with E-state index in [0.29, 0.717) is 30.0 Å². The number of para-hydroxylation sites is 1. The molecule has 0 fully saturated rings. The molecule has 2 amide bonds. The highest BCUT2D eigenvalue weighted by Crippen LogP contribution is 2.30. The molecular formula is C25H24FN3O4. The second-order valence-corrected chi connectivity index (χ2v) is 6.98. The van der Waals surface area contributed by atoms with Crippen molar-refractivity contribution in [2.45, 2.75) is 13.0 Å². The van der Waals surface area contributed by atoms with Gasteiger partial charge in [-0.1, -0.05) is 48.5 Å². The SMILES string of the molecule is COc1cccc(/C=N\NC(=O)C(=O)NCCc2ccccc2)c1OCc1ccc(F)cc1. The zero-order chi connectivity index (χ0) is 23.5. The summed E-state index contributed by atoms with van der Waals surface area (Å²) in [5.41, 5.74) is 4.56. The number of nitrogens with zero attached hydrogens (tertiary/aromatic N) is 1. The number of ether oxygens (including phenoxy) is 2. The van der Waals surface area contributed by atoms with Gasteiger partial charge in [-0.25, -0.2) is 9.82 Å². The van der Waals surface area contributed by atoms with E-state index in [4.69, 9.17) is 9.47 Å². The van der Waals surface area contributed by atoms with Gasteiger partial charge in [-0.15, -0.1) is 0 Å². The smallest absolute Gasteiger partial charge is 0.329 e. The predicted octanol–water partition coefficient (Wildman–Crippen LogP) is 3.22. The van der Waals surface area contributed by atoms with Gasteiger partial charge in [0.25, 0.3) is 0 Å². The minimum atomic E-state index is -0.879. The van der Waals surface area contributed by atoms with Gasteiger partial charge in [-0.2, -0.15) is 5.10 Å². The number of hydrogen-bond donors (Lipinski definition) is 2. The van der Waals surface area contributed by atoms with E-state index >= 15 is 0 Å². The van der Waals surface area contributed by atoms with Crippen molar-refractivity contribution in [2.24, 2.45) is 5.10 Å². The lowest BCUT2D eigenvalue weighted by molar-refractivity contribution is -0.139. The number of nitrogens with one attached hydrogen (secondary N) is 2. The van der Waals surface area contributed by atoms with Gasteiger partial charge in [-0.05, 0) is 41.8 Å². The lowest BCUT2D eigenvalue weighted by Crippen LogP contribution is -2.38. The Bertz CT molecular complexity index is 1100. The minimum absolute atomic E-state index is 0.178. The summed E-state index contributed by atoms with van der Waals surface area (Å²) in [5.74, 6) is -1.12. The van der Waals surface area contributed by atoms with Gasteiger partial charge in [-0.3, -0.25) is 9.59 Å². The fourth-order valence-electron chi connectivity index (χ4n) is 2.94. The number of halogens is 1. The first-order valence-corrected chi connectivity index (χ1v) is 10.3. The standard InChI is InChI=1S/C25H24FN3O4/c1-32-22-9-5-8-20(23(22)33-17-19-10-12-21(26)13-11-19)16-28-29-25(31)24(30)27-15-14-18-6-3-2-4-7-18/h2-13,16H,14-15,17H2,1H3,(H,27,30)(H,29,31)/b28-16-. The summed E-state index contributed by atoms with van der Waals surface area (Å²) in [7, 11) is 1.50. The van der Waals surface area contributed by atoms with Crippen LogP contribution in [0.3, 0.4) is 0 Å². The van der Waals surface area contributed by atoms with Crippen LogP contribution in [-0.4, -0.2) is 31.7 Å². The first kappa shape index (κ1) is 23.5. The molecule has 7 nitrogen and oxygen atoms in total. The first-order chi connectivity index (χ1) is 16.1. The lowest BCUT2D eigenvalue weighted by Gasteiger charge is -2.13. The summed E-state index contributed by atoms with van der Waals surface area (Å²) in [4.78, 5) is 24.0. The number of amides is 2. The van der Waals surface area contributed by atoms with Crippen molar-refractivity contribution in [1.82, 2.24) is 10.7 Å². The van der Waals surface area contributed by atoms with Crippen molar-refractivity contribution in [3.8, 4) is 11.5 Å². The molecule has 0 aliphatic carbocycles. The molecule has 2 N–H and O–H groups in total. The number of rotatable bonds is 9. The summed E-state index contributed by atoms with van der Waals surface area (Å²) >= 11 is 0. The molecule has 0 spiro atoms. The average molecular weight is 449 g/mol. The van der Waals surface area contributed by atoms with Crippen LogP contribution < -0.4 is 20.2 Å².